The highest BCUT2D eigenvalue weighted by Crippen LogP contribution is 2.52. The van der Waals surface area contributed by atoms with E-state index in [9.17, 15) is 13.6 Å². The molecule has 5 rings (SSSR count). The number of alkyl halides is 2. The molecule has 0 radical (unpaired) electrons. The van der Waals surface area contributed by atoms with Crippen LogP contribution in [0.2, 0.25) is 0 Å². The summed E-state index contributed by atoms with van der Waals surface area (Å²) in [4.78, 5) is 25.8. The molecule has 3 heterocycles. The number of rotatable bonds is 4. The van der Waals surface area contributed by atoms with Gasteiger partial charge in [0.05, 0.1) is 5.41 Å². The van der Waals surface area contributed by atoms with Gasteiger partial charge in [0.1, 0.15) is 11.0 Å². The van der Waals surface area contributed by atoms with E-state index < -0.39 is 5.92 Å². The highest BCUT2D eigenvalue weighted by molar-refractivity contribution is 5.97. The van der Waals surface area contributed by atoms with Crippen molar-refractivity contribution in [2.75, 3.05) is 11.9 Å². The largest absolute Gasteiger partial charge is 0.364 e. The van der Waals surface area contributed by atoms with E-state index in [0.29, 0.717) is 23.4 Å². The Morgan fingerprint density at radius 1 is 1.10 bits per heavy atom. The van der Waals surface area contributed by atoms with E-state index in [1.807, 2.05) is 0 Å². The van der Waals surface area contributed by atoms with Crippen LogP contribution >= 0.6 is 0 Å². The van der Waals surface area contributed by atoms with Gasteiger partial charge in [0.15, 0.2) is 5.82 Å². The number of hydrogen-bond donors (Lipinski definition) is 2. The van der Waals surface area contributed by atoms with Crippen LogP contribution in [0.4, 0.5) is 14.6 Å². The molecule has 2 aliphatic rings. The van der Waals surface area contributed by atoms with Crippen LogP contribution in [0.1, 0.15) is 31.7 Å². The van der Waals surface area contributed by atoms with Gasteiger partial charge in [-0.05, 0) is 24.8 Å². The molecule has 1 aromatic carbocycles. The number of fused-ring (bicyclic) bond motifs is 1. The first kappa shape index (κ1) is 18.8. The Morgan fingerprint density at radius 2 is 1.80 bits per heavy atom. The fourth-order valence-corrected chi connectivity index (χ4v) is 4.25. The van der Waals surface area contributed by atoms with Gasteiger partial charge in [0.2, 0.25) is 5.91 Å². The Bertz CT molecular complexity index is 1120. The second-order valence-electron chi connectivity index (χ2n) is 8.14. The fraction of sp³-hybridized carbons (Fsp3) is 0.364. The van der Waals surface area contributed by atoms with Crippen LogP contribution in [0.5, 0.6) is 0 Å². The van der Waals surface area contributed by atoms with Crippen LogP contribution in [0.25, 0.3) is 22.2 Å². The zero-order valence-corrected chi connectivity index (χ0v) is 16.5. The van der Waals surface area contributed by atoms with Crippen LogP contribution in [0, 0.1) is 5.41 Å². The molecule has 0 bridgehead atoms. The molecule has 1 saturated carbocycles. The van der Waals surface area contributed by atoms with E-state index in [2.05, 4.69) is 25.6 Å². The van der Waals surface area contributed by atoms with Gasteiger partial charge in [0.25, 0.3) is 5.92 Å². The SMILES string of the molecule is CC(F)(F)c1ccc(-c2cnc(N[C@@H]3CCNC(=O)C34CC4)c3nccnc23)cc1. The average Bonchev–Trinajstić information content (AvgIpc) is 3.53. The van der Waals surface area contributed by atoms with Gasteiger partial charge in [-0.1, -0.05) is 24.3 Å². The zero-order chi connectivity index (χ0) is 20.9. The number of anilines is 1. The number of carbonyl (C=O) groups is 1. The Labute approximate surface area is 172 Å². The van der Waals surface area contributed by atoms with Crippen molar-refractivity contribution >= 4 is 22.8 Å². The topological polar surface area (TPSA) is 79.8 Å². The molecule has 1 aliphatic heterocycles. The number of carbonyl (C=O) groups excluding carboxylic acids is 1. The van der Waals surface area contributed by atoms with E-state index in [1.165, 1.54) is 12.1 Å². The number of nitrogens with zero attached hydrogens (tertiary/aromatic N) is 3. The highest BCUT2D eigenvalue weighted by atomic mass is 19.3. The summed E-state index contributed by atoms with van der Waals surface area (Å²) in [5.41, 5.74) is 2.30. The summed E-state index contributed by atoms with van der Waals surface area (Å²) in [6.07, 6.45) is 7.44. The molecule has 6 nitrogen and oxygen atoms in total. The lowest BCUT2D eigenvalue weighted by Gasteiger charge is -2.32. The lowest BCUT2D eigenvalue weighted by Crippen LogP contribution is -2.49. The number of pyridine rings is 1. The summed E-state index contributed by atoms with van der Waals surface area (Å²) in [5.74, 6) is -2.20. The summed E-state index contributed by atoms with van der Waals surface area (Å²) in [5, 5.41) is 6.39. The highest BCUT2D eigenvalue weighted by Gasteiger charge is 2.57. The number of hydrogen-bond acceptors (Lipinski definition) is 5. The normalized spacial score (nSPS) is 20.2. The van der Waals surface area contributed by atoms with E-state index in [1.54, 1.807) is 30.7 Å². The number of amides is 1. The first-order valence-corrected chi connectivity index (χ1v) is 10.0. The van der Waals surface area contributed by atoms with Crippen molar-refractivity contribution in [3.63, 3.8) is 0 Å². The van der Waals surface area contributed by atoms with Crippen molar-refractivity contribution in [2.45, 2.75) is 38.2 Å². The molecule has 2 aromatic heterocycles. The van der Waals surface area contributed by atoms with Crippen LogP contribution in [-0.2, 0) is 10.7 Å². The zero-order valence-electron chi connectivity index (χ0n) is 16.5. The maximum atomic E-state index is 13.5. The second kappa shape index (κ2) is 6.68. The third-order valence-corrected chi connectivity index (χ3v) is 6.14. The molecule has 154 valence electrons. The number of piperidine rings is 1. The van der Waals surface area contributed by atoms with Crippen LogP contribution in [-0.4, -0.2) is 33.4 Å². The molecule has 30 heavy (non-hydrogen) atoms. The first-order valence-electron chi connectivity index (χ1n) is 10.0. The molecule has 1 atom stereocenters. The fourth-order valence-electron chi connectivity index (χ4n) is 4.25. The van der Waals surface area contributed by atoms with Crippen molar-refractivity contribution < 1.29 is 13.6 Å². The summed E-state index contributed by atoms with van der Waals surface area (Å²) < 4.78 is 27.1. The summed E-state index contributed by atoms with van der Waals surface area (Å²) >= 11 is 0. The molecule has 2 fully saturated rings. The van der Waals surface area contributed by atoms with E-state index in [0.717, 1.165) is 37.3 Å². The van der Waals surface area contributed by atoms with Gasteiger partial charge < -0.3 is 10.6 Å². The number of benzene rings is 1. The second-order valence-corrected chi connectivity index (χ2v) is 8.14. The molecule has 1 spiro atoms. The van der Waals surface area contributed by atoms with Crippen molar-refractivity contribution in [1.29, 1.82) is 0 Å². The van der Waals surface area contributed by atoms with Crippen LogP contribution < -0.4 is 10.6 Å². The molecular formula is C22H21F2N5O. The third kappa shape index (κ3) is 3.07. The summed E-state index contributed by atoms with van der Waals surface area (Å²) in [6, 6.07) is 6.13. The third-order valence-electron chi connectivity index (χ3n) is 6.14. The molecule has 2 N–H and O–H groups in total. The first-order chi connectivity index (χ1) is 14.4. The van der Waals surface area contributed by atoms with Gasteiger partial charge in [0, 0.05) is 49.2 Å². The Hall–Kier alpha value is -3.16. The average molecular weight is 409 g/mol. The van der Waals surface area contributed by atoms with Crippen molar-refractivity contribution in [1.82, 2.24) is 20.3 Å². The maximum absolute atomic E-state index is 13.5. The molecule has 0 unspecified atom stereocenters. The van der Waals surface area contributed by atoms with Crippen LogP contribution in [0.15, 0.2) is 42.9 Å². The summed E-state index contributed by atoms with van der Waals surface area (Å²) in [7, 11) is 0. The van der Waals surface area contributed by atoms with Crippen molar-refractivity contribution in [2.24, 2.45) is 5.41 Å². The minimum atomic E-state index is -2.89. The molecule has 1 amide bonds. The minimum Gasteiger partial charge on any atom is -0.364 e. The van der Waals surface area contributed by atoms with Gasteiger partial charge in [-0.25, -0.2) is 18.7 Å². The molecule has 3 aromatic rings. The maximum Gasteiger partial charge on any atom is 0.270 e. The van der Waals surface area contributed by atoms with Gasteiger partial charge in [-0.2, -0.15) is 0 Å². The number of aromatic nitrogens is 3. The Morgan fingerprint density at radius 3 is 2.47 bits per heavy atom. The molecular weight excluding hydrogens is 388 g/mol. The molecule has 8 heteroatoms. The predicted octanol–water partition coefficient (Wildman–Crippen LogP) is 3.88. The number of halogens is 2. The van der Waals surface area contributed by atoms with Gasteiger partial charge in [-0.15, -0.1) is 0 Å². The van der Waals surface area contributed by atoms with Crippen molar-refractivity contribution in [3.8, 4) is 11.1 Å². The van der Waals surface area contributed by atoms with E-state index in [-0.39, 0.29) is 22.9 Å². The quantitative estimate of drug-likeness (QED) is 0.684. The summed E-state index contributed by atoms with van der Waals surface area (Å²) in [6.45, 7) is 1.51. The lowest BCUT2D eigenvalue weighted by molar-refractivity contribution is -0.128. The lowest BCUT2D eigenvalue weighted by atomic mass is 9.89. The standard InChI is InChI=1S/C22H21F2N5O/c1-21(23,24)14-4-2-13(3-5-14)15-12-28-19(18-17(15)25-10-11-26-18)29-16-6-9-27-20(30)22(16)7-8-22/h2-5,10-12,16H,6-9H2,1H3,(H,27,30)(H,28,29)/t16-/m1/s1. The van der Waals surface area contributed by atoms with Crippen LogP contribution in [0.3, 0.4) is 0 Å². The molecule has 1 aliphatic carbocycles. The number of nitrogens with one attached hydrogen (secondary N) is 2. The monoisotopic (exact) mass is 409 g/mol. The minimum absolute atomic E-state index is 0.000810. The van der Waals surface area contributed by atoms with E-state index >= 15 is 0 Å². The Balaban J connectivity index is 1.52. The smallest absolute Gasteiger partial charge is 0.270 e. The van der Waals surface area contributed by atoms with Gasteiger partial charge >= 0.3 is 0 Å². The Kier molecular flexibility index (Phi) is 4.20. The van der Waals surface area contributed by atoms with E-state index in [4.69, 9.17) is 0 Å². The predicted molar refractivity (Wildman–Crippen MR) is 109 cm³/mol. The molecule has 1 saturated heterocycles. The van der Waals surface area contributed by atoms with Gasteiger partial charge in [-0.3, -0.25) is 9.78 Å². The van der Waals surface area contributed by atoms with Crippen molar-refractivity contribution in [3.05, 3.63) is 48.4 Å².